The Balaban J connectivity index is 0.00000243. The van der Waals surface area contributed by atoms with Gasteiger partial charge in [0.15, 0.2) is 5.84 Å². The largest absolute Gasteiger partial charge is 0.349 e. The molecule has 1 aromatic carbocycles. The van der Waals surface area contributed by atoms with Crippen LogP contribution in [0.1, 0.15) is 18.4 Å². The molecule has 2 heterocycles. The van der Waals surface area contributed by atoms with Gasteiger partial charge in [-0.1, -0.05) is 12.1 Å². The Bertz CT molecular complexity index is 789. The van der Waals surface area contributed by atoms with Crippen molar-refractivity contribution in [3.8, 4) is 0 Å². The van der Waals surface area contributed by atoms with Crippen LogP contribution < -0.4 is 5.32 Å². The fourth-order valence-electron chi connectivity index (χ4n) is 3.42. The molecule has 1 saturated heterocycles. The summed E-state index contributed by atoms with van der Waals surface area (Å²) in [5.41, 5.74) is 0.561. The van der Waals surface area contributed by atoms with E-state index in [2.05, 4.69) is 9.71 Å². The molecule has 0 bridgehead atoms. The predicted octanol–water partition coefficient (Wildman–Crippen LogP) is 0.947. The average Bonchev–Trinajstić information content (AvgIpc) is 2.88. The molecule has 0 spiro atoms. The van der Waals surface area contributed by atoms with Crippen LogP contribution in [0.4, 0.5) is 0 Å². The van der Waals surface area contributed by atoms with Gasteiger partial charge in [0.1, 0.15) is 4.90 Å². The second-order valence-electron chi connectivity index (χ2n) is 6.62. The van der Waals surface area contributed by atoms with Gasteiger partial charge in [-0.2, -0.15) is 8.42 Å². The molecule has 0 aromatic heterocycles. The first-order chi connectivity index (χ1) is 11.9. The van der Waals surface area contributed by atoms with Gasteiger partial charge in [0.2, 0.25) is 5.91 Å². The highest BCUT2D eigenvalue weighted by Gasteiger charge is 2.32. The minimum atomic E-state index is -3.66. The fourth-order valence-corrected chi connectivity index (χ4v) is 4.67. The van der Waals surface area contributed by atoms with E-state index in [9.17, 15) is 13.2 Å². The molecule has 0 unspecified atom stereocenters. The van der Waals surface area contributed by atoms with Gasteiger partial charge in [0.05, 0.1) is 6.54 Å². The van der Waals surface area contributed by atoms with Gasteiger partial charge >= 0.3 is 0 Å². The van der Waals surface area contributed by atoms with Crippen LogP contribution in [0.5, 0.6) is 0 Å². The number of hydrogen-bond donors (Lipinski definition) is 1. The van der Waals surface area contributed by atoms with Crippen molar-refractivity contribution in [3.63, 3.8) is 0 Å². The smallest absolute Gasteiger partial charge is 0.285 e. The Morgan fingerprint density at radius 3 is 2.62 bits per heavy atom. The van der Waals surface area contributed by atoms with E-state index in [-0.39, 0.29) is 29.8 Å². The average molecular weight is 401 g/mol. The van der Waals surface area contributed by atoms with Crippen molar-refractivity contribution in [2.24, 2.45) is 10.3 Å². The number of sulfonamides is 1. The van der Waals surface area contributed by atoms with Gasteiger partial charge in [0, 0.05) is 25.7 Å². The Morgan fingerprint density at radius 2 is 1.96 bits per heavy atom. The first-order valence-corrected chi connectivity index (χ1v) is 9.94. The molecule has 9 heteroatoms. The number of carbonyl (C=O) groups excluding carboxylic acids is 1. The van der Waals surface area contributed by atoms with Crippen molar-refractivity contribution >= 4 is 34.2 Å². The highest BCUT2D eigenvalue weighted by atomic mass is 35.5. The van der Waals surface area contributed by atoms with Crippen LogP contribution in [0.25, 0.3) is 0 Å². The van der Waals surface area contributed by atoms with Crippen molar-refractivity contribution in [3.05, 3.63) is 29.8 Å². The highest BCUT2D eigenvalue weighted by Crippen LogP contribution is 2.27. The molecule has 144 valence electrons. The number of nitrogens with zero attached hydrogens (tertiary/aromatic N) is 3. The molecule has 1 amide bonds. The number of likely N-dealkylation sites (tertiary alicyclic amines) is 1. The standard InChI is InChI=1S/C17H24N4O3S.ClH/c1-18-11-13-7-9-21(10-8-13)16(22)12-20(2)17-14-5-3-4-6-15(14)25(23,24)19-17;/h3-6,13,18H,7-12H2,1-2H3;1H. The Morgan fingerprint density at radius 1 is 1.31 bits per heavy atom. The lowest BCUT2D eigenvalue weighted by Gasteiger charge is -2.33. The molecular formula is C17H25ClN4O3S. The number of amidine groups is 1. The Hall–Kier alpha value is -1.64. The lowest BCUT2D eigenvalue weighted by Crippen LogP contribution is -2.45. The summed E-state index contributed by atoms with van der Waals surface area (Å²) in [6, 6.07) is 6.72. The highest BCUT2D eigenvalue weighted by molar-refractivity contribution is 7.90. The number of hydrogen-bond acceptors (Lipinski definition) is 5. The number of rotatable bonds is 4. The molecule has 2 aliphatic heterocycles. The van der Waals surface area contributed by atoms with E-state index in [0.29, 0.717) is 17.3 Å². The number of carbonyl (C=O) groups is 1. The molecule has 1 fully saturated rings. The normalized spacial score (nSPS) is 18.7. The van der Waals surface area contributed by atoms with Gasteiger partial charge < -0.3 is 15.1 Å². The Labute approximate surface area is 160 Å². The number of fused-ring (bicyclic) bond motifs is 1. The molecule has 1 aromatic rings. The molecule has 7 nitrogen and oxygen atoms in total. The minimum Gasteiger partial charge on any atom is -0.349 e. The zero-order chi connectivity index (χ0) is 18.0. The van der Waals surface area contributed by atoms with Gasteiger partial charge in [-0.05, 0) is 44.5 Å². The zero-order valence-corrected chi connectivity index (χ0v) is 16.6. The molecule has 1 N–H and O–H groups in total. The molecule has 0 aliphatic carbocycles. The number of piperidine rings is 1. The SMILES string of the molecule is CNCC1CCN(C(=O)CN(C)C2=NS(=O)(=O)c3ccccc32)CC1.Cl. The number of nitrogens with one attached hydrogen (secondary N) is 1. The molecule has 3 rings (SSSR count). The van der Waals surface area contributed by atoms with E-state index < -0.39 is 10.0 Å². The number of halogens is 1. The van der Waals surface area contributed by atoms with Gasteiger partial charge in [-0.25, -0.2) is 0 Å². The maximum Gasteiger partial charge on any atom is 0.285 e. The molecule has 0 radical (unpaired) electrons. The Kier molecular flexibility index (Phi) is 6.65. The summed E-state index contributed by atoms with van der Waals surface area (Å²) < 4.78 is 28.1. The van der Waals surface area contributed by atoms with Crippen LogP contribution in [0.2, 0.25) is 0 Å². The molecule has 2 aliphatic rings. The van der Waals surface area contributed by atoms with E-state index in [1.807, 2.05) is 11.9 Å². The topological polar surface area (TPSA) is 82.1 Å². The second kappa shape index (κ2) is 8.37. The summed E-state index contributed by atoms with van der Waals surface area (Å²) in [5, 5.41) is 3.18. The summed E-state index contributed by atoms with van der Waals surface area (Å²) in [4.78, 5) is 16.3. The first kappa shape index (κ1) is 20.7. The van der Waals surface area contributed by atoms with E-state index in [1.54, 1.807) is 36.2 Å². The maximum atomic E-state index is 12.6. The van der Waals surface area contributed by atoms with Crippen LogP contribution in [-0.2, 0) is 14.8 Å². The van der Waals surface area contributed by atoms with Gasteiger partial charge in [0.25, 0.3) is 10.0 Å². The van der Waals surface area contributed by atoms with Crippen molar-refractivity contribution in [1.29, 1.82) is 0 Å². The number of likely N-dealkylation sites (N-methyl/N-ethyl adjacent to an activating group) is 1. The zero-order valence-electron chi connectivity index (χ0n) is 15.0. The van der Waals surface area contributed by atoms with Crippen LogP contribution in [0.15, 0.2) is 33.6 Å². The van der Waals surface area contributed by atoms with Crippen LogP contribution in [0.3, 0.4) is 0 Å². The van der Waals surface area contributed by atoms with E-state index in [4.69, 9.17) is 0 Å². The van der Waals surface area contributed by atoms with Gasteiger partial charge in [-0.3, -0.25) is 4.79 Å². The van der Waals surface area contributed by atoms with Crippen LogP contribution >= 0.6 is 12.4 Å². The maximum absolute atomic E-state index is 12.6. The third-order valence-electron chi connectivity index (χ3n) is 4.81. The van der Waals surface area contributed by atoms with Crippen molar-refractivity contribution in [1.82, 2.24) is 15.1 Å². The third-order valence-corrected chi connectivity index (χ3v) is 6.13. The second-order valence-corrected chi connectivity index (χ2v) is 8.20. The van der Waals surface area contributed by atoms with E-state index in [1.165, 1.54) is 0 Å². The molecule has 26 heavy (non-hydrogen) atoms. The number of amides is 1. The van der Waals surface area contributed by atoms with Crippen LogP contribution in [0, 0.1) is 5.92 Å². The molecule has 0 atom stereocenters. The molecule has 0 saturated carbocycles. The minimum absolute atomic E-state index is 0. The lowest BCUT2D eigenvalue weighted by atomic mass is 9.97. The monoisotopic (exact) mass is 400 g/mol. The third kappa shape index (κ3) is 4.19. The fraction of sp³-hybridized carbons (Fsp3) is 0.529. The van der Waals surface area contributed by atoms with E-state index in [0.717, 1.165) is 32.5 Å². The number of benzene rings is 1. The van der Waals surface area contributed by atoms with Gasteiger partial charge in [-0.15, -0.1) is 16.8 Å². The summed E-state index contributed by atoms with van der Waals surface area (Å²) in [7, 11) is -0.00405. The quantitative estimate of drug-likeness (QED) is 0.813. The summed E-state index contributed by atoms with van der Waals surface area (Å²) in [6.07, 6.45) is 1.99. The van der Waals surface area contributed by atoms with Crippen molar-refractivity contribution in [2.45, 2.75) is 17.7 Å². The predicted molar refractivity (Wildman–Crippen MR) is 103 cm³/mol. The first-order valence-electron chi connectivity index (χ1n) is 8.50. The van der Waals surface area contributed by atoms with Crippen LogP contribution in [-0.4, -0.2) is 70.2 Å². The summed E-state index contributed by atoms with van der Waals surface area (Å²) in [6.45, 7) is 2.60. The summed E-state index contributed by atoms with van der Waals surface area (Å²) >= 11 is 0. The van der Waals surface area contributed by atoms with Crippen molar-refractivity contribution < 1.29 is 13.2 Å². The summed E-state index contributed by atoms with van der Waals surface area (Å²) in [5.74, 6) is 0.965. The van der Waals surface area contributed by atoms with Crippen molar-refractivity contribution in [2.75, 3.05) is 40.3 Å². The van der Waals surface area contributed by atoms with E-state index >= 15 is 0 Å². The lowest BCUT2D eigenvalue weighted by molar-refractivity contribution is -0.132. The molecular weight excluding hydrogens is 376 g/mol.